The molecule has 0 unspecified atom stereocenters. The molecule has 0 spiro atoms. The maximum absolute atomic E-state index is 11.8. The van der Waals surface area contributed by atoms with Gasteiger partial charge in [-0.25, -0.2) is 0 Å². The number of carbonyl (C=O) groups excluding carboxylic acids is 1. The molecule has 1 saturated heterocycles. The third kappa shape index (κ3) is 3.45. The van der Waals surface area contributed by atoms with Gasteiger partial charge < -0.3 is 14.3 Å². The summed E-state index contributed by atoms with van der Waals surface area (Å²) >= 11 is 0. The fourth-order valence-corrected chi connectivity index (χ4v) is 10.0. The molecule has 154 valence electrons. The van der Waals surface area contributed by atoms with Crippen LogP contribution >= 0.6 is 0 Å². The Hall–Kier alpha value is -1.95. The zero-order valence-electron chi connectivity index (χ0n) is 17.4. The average Bonchev–Trinajstić information content (AvgIpc) is 3.21. The summed E-state index contributed by atoms with van der Waals surface area (Å²) in [5.41, 5.74) is 0. The standard InChI is InChI=1S/C24H30O4Si/c1-24(2,3)29(17-10-6-4-7-11-17,18-12-8-5-9-13-18)28-22-15-21-19(20(22)16-25)14-23(26)27-21/h4-13,19-22,25H,14-16H2,1-3H3/t19-,20+,21+,22-/m1/s1. The zero-order chi connectivity index (χ0) is 20.6. The molecule has 1 saturated carbocycles. The van der Waals surface area contributed by atoms with Crippen LogP contribution in [0.1, 0.15) is 33.6 Å². The Morgan fingerprint density at radius 3 is 2.07 bits per heavy atom. The number of esters is 1. The van der Waals surface area contributed by atoms with Gasteiger partial charge in [0.25, 0.3) is 8.32 Å². The summed E-state index contributed by atoms with van der Waals surface area (Å²) in [5, 5.41) is 12.5. The number of carbonyl (C=O) groups is 1. The normalized spacial score (nSPS) is 27.0. The summed E-state index contributed by atoms with van der Waals surface area (Å²) < 4.78 is 12.7. The maximum atomic E-state index is 11.8. The summed E-state index contributed by atoms with van der Waals surface area (Å²) in [7, 11) is -2.69. The maximum Gasteiger partial charge on any atom is 0.306 e. The molecule has 2 fully saturated rings. The molecule has 4 rings (SSSR count). The Morgan fingerprint density at radius 1 is 1.03 bits per heavy atom. The molecule has 2 aromatic carbocycles. The lowest BCUT2D eigenvalue weighted by molar-refractivity contribution is -0.141. The van der Waals surface area contributed by atoms with E-state index in [1.54, 1.807) is 0 Å². The molecule has 2 aromatic rings. The molecule has 1 heterocycles. The number of aliphatic hydroxyl groups excluding tert-OH is 1. The quantitative estimate of drug-likeness (QED) is 0.608. The van der Waals surface area contributed by atoms with Crippen LogP contribution < -0.4 is 10.4 Å². The molecular formula is C24H30O4Si. The summed E-state index contributed by atoms with van der Waals surface area (Å²) in [4.78, 5) is 11.8. The molecule has 29 heavy (non-hydrogen) atoms. The number of benzene rings is 2. The second-order valence-electron chi connectivity index (χ2n) is 9.30. The van der Waals surface area contributed by atoms with Crippen molar-refractivity contribution in [3.8, 4) is 0 Å². The van der Waals surface area contributed by atoms with E-state index in [1.807, 2.05) is 12.1 Å². The molecule has 0 amide bonds. The number of fused-ring (bicyclic) bond motifs is 1. The summed E-state index contributed by atoms with van der Waals surface area (Å²) in [5.74, 6) is -0.175. The van der Waals surface area contributed by atoms with Gasteiger partial charge in [0.1, 0.15) is 6.10 Å². The number of aliphatic hydroxyl groups is 1. The van der Waals surface area contributed by atoms with E-state index in [0.717, 1.165) is 0 Å². The number of rotatable bonds is 5. The Kier molecular flexibility index (Phi) is 5.40. The summed E-state index contributed by atoms with van der Waals surface area (Å²) in [6, 6.07) is 21.1. The van der Waals surface area contributed by atoms with Crippen molar-refractivity contribution in [2.45, 2.75) is 50.9 Å². The molecule has 1 aliphatic heterocycles. The second-order valence-corrected chi connectivity index (χ2v) is 13.6. The van der Waals surface area contributed by atoms with Crippen molar-refractivity contribution in [2.24, 2.45) is 11.8 Å². The smallest absolute Gasteiger partial charge is 0.306 e. The van der Waals surface area contributed by atoms with E-state index in [1.165, 1.54) is 10.4 Å². The van der Waals surface area contributed by atoms with Gasteiger partial charge in [0, 0.05) is 24.9 Å². The van der Waals surface area contributed by atoms with E-state index in [0.29, 0.717) is 12.8 Å². The van der Waals surface area contributed by atoms with Crippen LogP contribution in [0, 0.1) is 11.8 Å². The molecule has 1 aliphatic carbocycles. The van der Waals surface area contributed by atoms with Crippen molar-refractivity contribution in [3.05, 3.63) is 60.7 Å². The van der Waals surface area contributed by atoms with Gasteiger partial charge in [-0.1, -0.05) is 81.4 Å². The Labute approximate surface area is 174 Å². The first-order valence-electron chi connectivity index (χ1n) is 10.5. The molecule has 0 radical (unpaired) electrons. The highest BCUT2D eigenvalue weighted by atomic mass is 28.4. The van der Waals surface area contributed by atoms with E-state index in [4.69, 9.17) is 9.16 Å². The van der Waals surface area contributed by atoms with Crippen molar-refractivity contribution in [3.63, 3.8) is 0 Å². The van der Waals surface area contributed by atoms with Gasteiger partial charge in [-0.05, 0) is 15.4 Å². The SMILES string of the molecule is CC(C)(C)[Si](O[C@@H]1C[C@@H]2OC(=O)C[C@@H]2[C@@H]1CO)(c1ccccc1)c1ccccc1. The summed E-state index contributed by atoms with van der Waals surface area (Å²) in [6.45, 7) is 6.77. The van der Waals surface area contributed by atoms with Gasteiger partial charge in [0.05, 0.1) is 12.5 Å². The van der Waals surface area contributed by atoms with Crippen LogP contribution in [0.2, 0.25) is 5.04 Å². The lowest BCUT2D eigenvalue weighted by Gasteiger charge is -2.45. The number of hydrogen-bond donors (Lipinski definition) is 1. The minimum absolute atomic E-state index is 0.0146. The van der Waals surface area contributed by atoms with Crippen LogP contribution in [0.15, 0.2) is 60.7 Å². The van der Waals surface area contributed by atoms with Crippen molar-refractivity contribution in [2.75, 3.05) is 6.61 Å². The van der Waals surface area contributed by atoms with Crippen molar-refractivity contribution in [1.82, 2.24) is 0 Å². The first-order valence-corrected chi connectivity index (χ1v) is 12.4. The molecule has 4 atom stereocenters. The lowest BCUT2D eigenvalue weighted by Crippen LogP contribution is -2.68. The highest BCUT2D eigenvalue weighted by molar-refractivity contribution is 6.99. The van der Waals surface area contributed by atoms with Gasteiger partial charge in [-0.3, -0.25) is 4.79 Å². The van der Waals surface area contributed by atoms with E-state index in [-0.39, 0.29) is 41.7 Å². The topological polar surface area (TPSA) is 55.8 Å². The number of ether oxygens (including phenoxy) is 1. The Balaban J connectivity index is 1.80. The third-order valence-corrected chi connectivity index (χ3v) is 11.7. The monoisotopic (exact) mass is 410 g/mol. The van der Waals surface area contributed by atoms with Gasteiger partial charge in [0.2, 0.25) is 0 Å². The number of hydrogen-bond acceptors (Lipinski definition) is 4. The van der Waals surface area contributed by atoms with Crippen LogP contribution in [0.4, 0.5) is 0 Å². The van der Waals surface area contributed by atoms with Crippen LogP contribution in [0.5, 0.6) is 0 Å². The lowest BCUT2D eigenvalue weighted by atomic mass is 9.93. The molecular weight excluding hydrogens is 380 g/mol. The van der Waals surface area contributed by atoms with Gasteiger partial charge in [-0.2, -0.15) is 0 Å². The molecule has 5 heteroatoms. The molecule has 0 aromatic heterocycles. The van der Waals surface area contributed by atoms with Crippen LogP contribution in [-0.4, -0.2) is 38.2 Å². The van der Waals surface area contributed by atoms with Crippen molar-refractivity contribution >= 4 is 24.7 Å². The first kappa shape index (κ1) is 20.3. The minimum Gasteiger partial charge on any atom is -0.462 e. The first-order chi connectivity index (χ1) is 13.9. The summed E-state index contributed by atoms with van der Waals surface area (Å²) in [6.07, 6.45) is 0.778. The fourth-order valence-electron chi connectivity index (χ4n) is 5.26. The van der Waals surface area contributed by atoms with E-state index < -0.39 is 8.32 Å². The Bertz CT molecular complexity index is 807. The molecule has 0 bridgehead atoms. The average molecular weight is 411 g/mol. The van der Waals surface area contributed by atoms with Gasteiger partial charge in [0.15, 0.2) is 0 Å². The van der Waals surface area contributed by atoms with Crippen LogP contribution in [0.3, 0.4) is 0 Å². The molecule has 4 nitrogen and oxygen atoms in total. The Morgan fingerprint density at radius 2 is 1.59 bits per heavy atom. The predicted octanol–water partition coefficient (Wildman–Crippen LogP) is 2.88. The molecule has 1 N–H and O–H groups in total. The van der Waals surface area contributed by atoms with E-state index >= 15 is 0 Å². The van der Waals surface area contributed by atoms with Crippen LogP contribution in [0.25, 0.3) is 0 Å². The van der Waals surface area contributed by atoms with E-state index in [9.17, 15) is 9.90 Å². The zero-order valence-corrected chi connectivity index (χ0v) is 18.4. The van der Waals surface area contributed by atoms with Crippen LogP contribution in [-0.2, 0) is 14.0 Å². The van der Waals surface area contributed by atoms with Gasteiger partial charge >= 0.3 is 5.97 Å². The predicted molar refractivity (Wildman–Crippen MR) is 116 cm³/mol. The third-order valence-electron chi connectivity index (χ3n) is 6.61. The fraction of sp³-hybridized carbons (Fsp3) is 0.458. The van der Waals surface area contributed by atoms with Gasteiger partial charge in [-0.15, -0.1) is 0 Å². The highest BCUT2D eigenvalue weighted by Crippen LogP contribution is 2.46. The second kappa shape index (κ2) is 7.71. The highest BCUT2D eigenvalue weighted by Gasteiger charge is 2.56. The minimum atomic E-state index is -2.69. The van der Waals surface area contributed by atoms with Crippen molar-refractivity contribution < 1.29 is 19.1 Å². The van der Waals surface area contributed by atoms with E-state index in [2.05, 4.69) is 69.3 Å². The van der Waals surface area contributed by atoms with Crippen molar-refractivity contribution in [1.29, 1.82) is 0 Å². The molecule has 2 aliphatic rings. The largest absolute Gasteiger partial charge is 0.462 e.